The molecule has 1 heterocycles. The summed E-state index contributed by atoms with van der Waals surface area (Å²) in [6, 6.07) is 22.1. The first-order valence-electron chi connectivity index (χ1n) is 9.72. The number of carbonyl (C=O) groups excluding carboxylic acids is 1. The van der Waals surface area contributed by atoms with Gasteiger partial charge in [0.1, 0.15) is 0 Å². The van der Waals surface area contributed by atoms with Crippen molar-refractivity contribution in [1.29, 1.82) is 0 Å². The van der Waals surface area contributed by atoms with Crippen LogP contribution in [0.4, 0.5) is 0 Å². The van der Waals surface area contributed by atoms with Gasteiger partial charge in [0.15, 0.2) is 29.1 Å². The van der Waals surface area contributed by atoms with Crippen LogP contribution in [-0.2, 0) is 4.79 Å². The Bertz CT molecular complexity index is 1080. The maximum Gasteiger partial charge on any atom is 0.285 e. The number of fused-ring (bicyclic) bond motifs is 1. The Labute approximate surface area is 180 Å². The Kier molecular flexibility index (Phi) is 6.03. The normalized spacial score (nSPS) is 17.2. The first-order chi connectivity index (χ1) is 15.2. The molecule has 0 bridgehead atoms. The van der Waals surface area contributed by atoms with Gasteiger partial charge in [0.2, 0.25) is 6.10 Å². The van der Waals surface area contributed by atoms with Crippen molar-refractivity contribution in [1.82, 2.24) is 5.43 Å². The summed E-state index contributed by atoms with van der Waals surface area (Å²) in [5, 5.41) is 4.08. The fraction of sp³-hybridized carbons (Fsp3) is 0.167. The SMILES string of the molecule is COc1ccc(/C=N/NC(=O)C2Oc3ccccc3OC2c2ccccc2)cc1OC. The van der Waals surface area contributed by atoms with E-state index in [4.69, 9.17) is 18.9 Å². The molecule has 2 unspecified atom stereocenters. The molecule has 0 saturated heterocycles. The molecule has 3 aromatic carbocycles. The lowest BCUT2D eigenvalue weighted by Crippen LogP contribution is -2.44. The highest BCUT2D eigenvalue weighted by atomic mass is 16.6. The van der Waals surface area contributed by atoms with Gasteiger partial charge in [-0.25, -0.2) is 5.43 Å². The predicted octanol–water partition coefficient (Wildman–Crippen LogP) is 3.74. The minimum absolute atomic E-state index is 0.417. The minimum Gasteiger partial charge on any atom is -0.493 e. The van der Waals surface area contributed by atoms with Crippen molar-refractivity contribution >= 4 is 12.1 Å². The molecule has 0 saturated carbocycles. The molecule has 0 aromatic heterocycles. The van der Waals surface area contributed by atoms with E-state index in [0.717, 1.165) is 11.1 Å². The highest BCUT2D eigenvalue weighted by Crippen LogP contribution is 2.39. The number of ether oxygens (including phenoxy) is 4. The molecule has 4 rings (SSSR count). The number of para-hydroxylation sites is 2. The van der Waals surface area contributed by atoms with Gasteiger partial charge in [0.05, 0.1) is 20.4 Å². The Morgan fingerprint density at radius 1 is 0.903 bits per heavy atom. The van der Waals surface area contributed by atoms with Crippen molar-refractivity contribution in [2.75, 3.05) is 14.2 Å². The van der Waals surface area contributed by atoms with Crippen LogP contribution in [0.1, 0.15) is 17.2 Å². The second-order valence-corrected chi connectivity index (χ2v) is 6.78. The average Bonchev–Trinajstić information content (AvgIpc) is 2.83. The fourth-order valence-corrected chi connectivity index (χ4v) is 3.29. The molecule has 3 aromatic rings. The summed E-state index contributed by atoms with van der Waals surface area (Å²) in [6.45, 7) is 0. The molecule has 1 aliphatic rings. The summed E-state index contributed by atoms with van der Waals surface area (Å²) < 4.78 is 22.6. The molecule has 31 heavy (non-hydrogen) atoms. The molecule has 0 aliphatic carbocycles. The van der Waals surface area contributed by atoms with E-state index in [1.54, 1.807) is 38.5 Å². The number of carbonyl (C=O) groups is 1. The maximum atomic E-state index is 12.9. The van der Waals surface area contributed by atoms with Gasteiger partial charge in [-0.1, -0.05) is 42.5 Å². The number of benzene rings is 3. The number of amides is 1. The molecule has 2 atom stereocenters. The van der Waals surface area contributed by atoms with Crippen LogP contribution in [0, 0.1) is 0 Å². The van der Waals surface area contributed by atoms with Crippen LogP contribution in [0.5, 0.6) is 23.0 Å². The van der Waals surface area contributed by atoms with Gasteiger partial charge in [0.25, 0.3) is 5.91 Å². The first kappa shape index (κ1) is 20.3. The van der Waals surface area contributed by atoms with Crippen LogP contribution in [0.2, 0.25) is 0 Å². The quantitative estimate of drug-likeness (QED) is 0.487. The van der Waals surface area contributed by atoms with Gasteiger partial charge < -0.3 is 18.9 Å². The Hall–Kier alpha value is -4.00. The number of rotatable bonds is 6. The first-order valence-corrected chi connectivity index (χ1v) is 9.72. The number of hydrogen-bond donors (Lipinski definition) is 1. The zero-order chi connectivity index (χ0) is 21.6. The molecule has 158 valence electrons. The van der Waals surface area contributed by atoms with Crippen molar-refractivity contribution in [3.63, 3.8) is 0 Å². The van der Waals surface area contributed by atoms with Gasteiger partial charge >= 0.3 is 0 Å². The molecule has 0 spiro atoms. The summed E-state index contributed by atoms with van der Waals surface area (Å²) in [4.78, 5) is 12.9. The zero-order valence-corrected chi connectivity index (χ0v) is 17.1. The average molecular weight is 418 g/mol. The predicted molar refractivity (Wildman–Crippen MR) is 116 cm³/mol. The zero-order valence-electron chi connectivity index (χ0n) is 17.1. The number of hydrazone groups is 1. The molecular weight excluding hydrogens is 396 g/mol. The Balaban J connectivity index is 1.52. The highest BCUT2D eigenvalue weighted by Gasteiger charge is 2.38. The Morgan fingerprint density at radius 3 is 2.29 bits per heavy atom. The second kappa shape index (κ2) is 9.21. The van der Waals surface area contributed by atoms with Gasteiger partial charge in [-0.05, 0) is 41.5 Å². The van der Waals surface area contributed by atoms with E-state index in [9.17, 15) is 4.79 Å². The summed E-state index contributed by atoms with van der Waals surface area (Å²) in [5.74, 6) is 1.87. The summed E-state index contributed by atoms with van der Waals surface area (Å²) >= 11 is 0. The molecular formula is C24H22N2O5. The molecule has 1 N–H and O–H groups in total. The number of hydrogen-bond acceptors (Lipinski definition) is 6. The van der Waals surface area contributed by atoms with E-state index in [2.05, 4.69) is 10.5 Å². The third kappa shape index (κ3) is 4.45. The molecule has 7 nitrogen and oxygen atoms in total. The molecule has 1 amide bonds. The lowest BCUT2D eigenvalue weighted by Gasteiger charge is -2.32. The minimum atomic E-state index is -0.903. The second-order valence-electron chi connectivity index (χ2n) is 6.78. The van der Waals surface area contributed by atoms with E-state index in [0.29, 0.717) is 23.0 Å². The summed E-state index contributed by atoms with van der Waals surface area (Å²) in [6.07, 6.45) is 0.0156. The van der Waals surface area contributed by atoms with E-state index < -0.39 is 18.1 Å². The van der Waals surface area contributed by atoms with Crippen molar-refractivity contribution in [3.8, 4) is 23.0 Å². The Morgan fingerprint density at radius 2 is 1.58 bits per heavy atom. The van der Waals surface area contributed by atoms with Crippen molar-refractivity contribution < 1.29 is 23.7 Å². The van der Waals surface area contributed by atoms with Gasteiger partial charge in [-0.15, -0.1) is 0 Å². The van der Waals surface area contributed by atoms with Gasteiger partial charge in [-0.2, -0.15) is 5.10 Å². The van der Waals surface area contributed by atoms with E-state index in [1.807, 2.05) is 48.5 Å². The van der Waals surface area contributed by atoms with Crippen LogP contribution < -0.4 is 24.4 Å². The van der Waals surface area contributed by atoms with Crippen molar-refractivity contribution in [2.24, 2.45) is 5.10 Å². The third-order valence-electron chi connectivity index (χ3n) is 4.81. The molecule has 7 heteroatoms. The largest absolute Gasteiger partial charge is 0.493 e. The fourth-order valence-electron chi connectivity index (χ4n) is 3.29. The maximum absolute atomic E-state index is 12.9. The van der Waals surface area contributed by atoms with Crippen LogP contribution in [0.25, 0.3) is 0 Å². The summed E-state index contributed by atoms with van der Waals surface area (Å²) in [5.41, 5.74) is 4.12. The van der Waals surface area contributed by atoms with Crippen molar-refractivity contribution in [2.45, 2.75) is 12.2 Å². The molecule has 0 radical (unpaired) electrons. The van der Waals surface area contributed by atoms with Crippen LogP contribution in [0.3, 0.4) is 0 Å². The topological polar surface area (TPSA) is 78.4 Å². The van der Waals surface area contributed by atoms with Gasteiger partial charge in [-0.3, -0.25) is 4.79 Å². The highest BCUT2D eigenvalue weighted by molar-refractivity contribution is 5.86. The van der Waals surface area contributed by atoms with Crippen LogP contribution in [0.15, 0.2) is 77.9 Å². The van der Waals surface area contributed by atoms with E-state index in [-0.39, 0.29) is 0 Å². The number of methoxy groups -OCH3 is 2. The van der Waals surface area contributed by atoms with E-state index in [1.165, 1.54) is 6.21 Å². The lowest BCUT2D eigenvalue weighted by molar-refractivity contribution is -0.134. The third-order valence-corrected chi connectivity index (χ3v) is 4.81. The van der Waals surface area contributed by atoms with Crippen LogP contribution in [-0.4, -0.2) is 32.4 Å². The smallest absolute Gasteiger partial charge is 0.285 e. The van der Waals surface area contributed by atoms with Crippen molar-refractivity contribution in [3.05, 3.63) is 83.9 Å². The molecule has 0 fully saturated rings. The summed E-state index contributed by atoms with van der Waals surface area (Å²) in [7, 11) is 3.13. The monoisotopic (exact) mass is 418 g/mol. The number of nitrogens with zero attached hydrogens (tertiary/aromatic N) is 1. The van der Waals surface area contributed by atoms with Crippen LogP contribution >= 0.6 is 0 Å². The van der Waals surface area contributed by atoms with Gasteiger partial charge in [0, 0.05) is 0 Å². The standard InChI is InChI=1S/C24H22N2O5/c1-28-18-13-12-16(14-21(18)29-2)15-25-26-24(27)23-22(17-8-4-3-5-9-17)30-19-10-6-7-11-20(19)31-23/h3-15,22-23H,1-2H3,(H,26,27)/b25-15+. The van der Waals surface area contributed by atoms with E-state index >= 15 is 0 Å². The lowest BCUT2D eigenvalue weighted by atomic mass is 10.0. The number of nitrogens with one attached hydrogen (secondary N) is 1. The molecule has 1 aliphatic heterocycles.